The van der Waals surface area contributed by atoms with Crippen LogP contribution in [-0.2, 0) is 12.7 Å². The van der Waals surface area contributed by atoms with Crippen molar-refractivity contribution in [1.82, 2.24) is 5.32 Å². The van der Waals surface area contributed by atoms with Crippen LogP contribution in [0.25, 0.3) is 0 Å². The average molecular weight is 357 g/mol. The molecule has 0 saturated carbocycles. The van der Waals surface area contributed by atoms with E-state index in [9.17, 15) is 22.4 Å². The van der Waals surface area contributed by atoms with Gasteiger partial charge >= 0.3 is 6.18 Å². The molecule has 0 unspecified atom stereocenters. The first-order valence-corrected chi connectivity index (χ1v) is 7.12. The molecule has 2 rings (SSSR count). The second-order valence-corrected chi connectivity index (χ2v) is 5.05. The van der Waals surface area contributed by atoms with Crippen LogP contribution in [0, 0.1) is 5.82 Å². The van der Waals surface area contributed by atoms with E-state index >= 15 is 0 Å². The molecule has 0 heterocycles. The van der Waals surface area contributed by atoms with Crippen molar-refractivity contribution in [2.24, 2.45) is 0 Å². The van der Waals surface area contributed by atoms with Gasteiger partial charge in [-0.15, -0.1) is 0 Å². The Morgan fingerprint density at radius 3 is 2.40 bits per heavy atom. The summed E-state index contributed by atoms with van der Waals surface area (Å²) in [6, 6.07) is 7.02. The lowest BCUT2D eigenvalue weighted by atomic mass is 10.1. The van der Waals surface area contributed by atoms with Gasteiger partial charge in [-0.25, -0.2) is 4.39 Å². The smallest absolute Gasteiger partial charge is 0.419 e. The third kappa shape index (κ3) is 4.40. The summed E-state index contributed by atoms with van der Waals surface area (Å²) in [6.07, 6.45) is -4.88. The van der Waals surface area contributed by atoms with Crippen molar-refractivity contribution in [2.75, 3.05) is 14.2 Å². The Morgan fingerprint density at radius 2 is 1.80 bits per heavy atom. The van der Waals surface area contributed by atoms with Gasteiger partial charge in [-0.3, -0.25) is 4.79 Å². The molecule has 1 amide bonds. The molecule has 134 valence electrons. The van der Waals surface area contributed by atoms with E-state index < -0.39 is 23.5 Å². The maximum atomic E-state index is 13.3. The first-order chi connectivity index (χ1) is 11.8. The Morgan fingerprint density at radius 1 is 1.08 bits per heavy atom. The lowest BCUT2D eigenvalue weighted by molar-refractivity contribution is -0.140. The third-order valence-electron chi connectivity index (χ3n) is 3.47. The number of rotatable bonds is 5. The molecule has 0 atom stereocenters. The molecule has 2 aromatic carbocycles. The number of hydrogen-bond acceptors (Lipinski definition) is 3. The Balaban J connectivity index is 2.16. The monoisotopic (exact) mass is 357 g/mol. The molecule has 2 aromatic rings. The van der Waals surface area contributed by atoms with Gasteiger partial charge in [-0.2, -0.15) is 13.2 Å². The van der Waals surface area contributed by atoms with Crippen molar-refractivity contribution in [3.63, 3.8) is 0 Å². The van der Waals surface area contributed by atoms with Crippen molar-refractivity contribution in [1.29, 1.82) is 0 Å². The van der Waals surface area contributed by atoms with Crippen molar-refractivity contribution in [2.45, 2.75) is 12.7 Å². The summed E-state index contributed by atoms with van der Waals surface area (Å²) in [7, 11) is 2.93. The fourth-order valence-corrected chi connectivity index (χ4v) is 2.16. The van der Waals surface area contributed by atoms with E-state index in [1.807, 2.05) is 0 Å². The van der Waals surface area contributed by atoms with E-state index in [1.165, 1.54) is 14.2 Å². The number of amides is 1. The van der Waals surface area contributed by atoms with Gasteiger partial charge in [0.2, 0.25) is 0 Å². The van der Waals surface area contributed by atoms with Crippen LogP contribution in [0.3, 0.4) is 0 Å². The molecular weight excluding hydrogens is 342 g/mol. The summed E-state index contributed by atoms with van der Waals surface area (Å²) in [6.45, 7) is 0.0186. The van der Waals surface area contributed by atoms with Crippen LogP contribution >= 0.6 is 0 Å². The Labute approximate surface area is 141 Å². The summed E-state index contributed by atoms with van der Waals surface area (Å²) in [5.41, 5.74) is -1.17. The van der Waals surface area contributed by atoms with Crippen LogP contribution < -0.4 is 14.8 Å². The molecule has 0 aromatic heterocycles. The number of carbonyl (C=O) groups is 1. The highest BCUT2D eigenvalue weighted by atomic mass is 19.4. The number of nitrogens with one attached hydrogen (secondary N) is 1. The van der Waals surface area contributed by atoms with E-state index in [2.05, 4.69) is 5.32 Å². The summed E-state index contributed by atoms with van der Waals surface area (Å²) in [4.78, 5) is 12.1. The number of carbonyl (C=O) groups excluding carboxylic acids is 1. The molecule has 0 spiro atoms. The molecule has 0 radical (unpaired) electrons. The summed E-state index contributed by atoms with van der Waals surface area (Å²) in [5, 5.41) is 2.48. The van der Waals surface area contributed by atoms with Gasteiger partial charge in [0.1, 0.15) is 17.3 Å². The van der Waals surface area contributed by atoms with Crippen molar-refractivity contribution in [3.05, 3.63) is 58.9 Å². The normalized spacial score (nSPS) is 11.1. The standard InChI is InChI=1S/C17H15F4NO3/c1-24-12-5-3-11(15(8-12)25-2)9-22-16(23)10-4-6-14(18)13(7-10)17(19,20)21/h3-8H,9H2,1-2H3,(H,22,23). The van der Waals surface area contributed by atoms with E-state index in [0.717, 1.165) is 6.07 Å². The molecule has 0 aliphatic heterocycles. The van der Waals surface area contributed by atoms with Gasteiger partial charge in [0, 0.05) is 23.7 Å². The maximum absolute atomic E-state index is 13.3. The second-order valence-electron chi connectivity index (χ2n) is 5.05. The van der Waals surface area contributed by atoms with Crippen LogP contribution in [0.4, 0.5) is 17.6 Å². The number of hydrogen-bond donors (Lipinski definition) is 1. The van der Waals surface area contributed by atoms with E-state index in [-0.39, 0.29) is 12.1 Å². The minimum Gasteiger partial charge on any atom is -0.497 e. The van der Waals surface area contributed by atoms with Crippen molar-refractivity contribution >= 4 is 5.91 Å². The molecule has 25 heavy (non-hydrogen) atoms. The maximum Gasteiger partial charge on any atom is 0.419 e. The molecule has 8 heteroatoms. The van der Waals surface area contributed by atoms with Crippen LogP contribution in [-0.4, -0.2) is 20.1 Å². The van der Waals surface area contributed by atoms with Crippen LogP contribution in [0.15, 0.2) is 36.4 Å². The van der Waals surface area contributed by atoms with Crippen molar-refractivity contribution in [3.8, 4) is 11.5 Å². The van der Waals surface area contributed by atoms with Crippen LogP contribution in [0.1, 0.15) is 21.5 Å². The van der Waals surface area contributed by atoms with Gasteiger partial charge < -0.3 is 14.8 Å². The van der Waals surface area contributed by atoms with Gasteiger partial charge in [0.25, 0.3) is 5.91 Å². The molecule has 0 aliphatic rings. The number of halogens is 4. The number of methoxy groups -OCH3 is 2. The molecule has 4 nitrogen and oxygen atoms in total. The highest BCUT2D eigenvalue weighted by Crippen LogP contribution is 2.32. The molecule has 1 N–H and O–H groups in total. The zero-order chi connectivity index (χ0) is 18.6. The predicted molar refractivity (Wildman–Crippen MR) is 82.1 cm³/mol. The Bertz CT molecular complexity index is 775. The minimum absolute atomic E-state index is 0.0186. The SMILES string of the molecule is COc1ccc(CNC(=O)c2ccc(F)c(C(F)(F)F)c2)c(OC)c1. The quantitative estimate of drug-likeness (QED) is 0.829. The van der Waals surface area contributed by atoms with Gasteiger partial charge in [0.15, 0.2) is 0 Å². The average Bonchev–Trinajstić information content (AvgIpc) is 2.58. The topological polar surface area (TPSA) is 47.6 Å². The van der Waals surface area contributed by atoms with Crippen LogP contribution in [0.2, 0.25) is 0 Å². The zero-order valence-corrected chi connectivity index (χ0v) is 13.4. The predicted octanol–water partition coefficient (Wildman–Crippen LogP) is 3.79. The van der Waals surface area contributed by atoms with E-state index in [1.54, 1.807) is 18.2 Å². The highest BCUT2D eigenvalue weighted by Gasteiger charge is 2.34. The van der Waals surface area contributed by atoms with Gasteiger partial charge in [-0.1, -0.05) is 0 Å². The summed E-state index contributed by atoms with van der Waals surface area (Å²) < 4.78 is 61.6. The fourth-order valence-electron chi connectivity index (χ4n) is 2.16. The van der Waals surface area contributed by atoms with Gasteiger partial charge in [0.05, 0.1) is 19.8 Å². The number of benzene rings is 2. The summed E-state index contributed by atoms with van der Waals surface area (Å²) >= 11 is 0. The summed E-state index contributed by atoms with van der Waals surface area (Å²) in [5.74, 6) is -1.18. The zero-order valence-electron chi connectivity index (χ0n) is 13.4. The molecular formula is C17H15F4NO3. The Hall–Kier alpha value is -2.77. The first kappa shape index (κ1) is 18.6. The molecule has 0 fully saturated rings. The first-order valence-electron chi connectivity index (χ1n) is 7.12. The second kappa shape index (κ2) is 7.42. The lowest BCUT2D eigenvalue weighted by Crippen LogP contribution is -2.24. The Kier molecular flexibility index (Phi) is 5.51. The van der Waals surface area contributed by atoms with E-state index in [0.29, 0.717) is 29.2 Å². The molecule has 0 bridgehead atoms. The third-order valence-corrected chi connectivity index (χ3v) is 3.47. The minimum atomic E-state index is -4.88. The van der Waals surface area contributed by atoms with Crippen molar-refractivity contribution < 1.29 is 31.8 Å². The van der Waals surface area contributed by atoms with Gasteiger partial charge in [-0.05, 0) is 30.3 Å². The number of alkyl halides is 3. The lowest BCUT2D eigenvalue weighted by Gasteiger charge is -2.12. The molecule has 0 aliphatic carbocycles. The largest absolute Gasteiger partial charge is 0.497 e. The van der Waals surface area contributed by atoms with E-state index in [4.69, 9.17) is 9.47 Å². The molecule has 0 saturated heterocycles. The number of ether oxygens (including phenoxy) is 2. The van der Waals surface area contributed by atoms with Crippen LogP contribution in [0.5, 0.6) is 11.5 Å². The highest BCUT2D eigenvalue weighted by molar-refractivity contribution is 5.94. The fraction of sp³-hybridized carbons (Fsp3) is 0.235.